The maximum absolute atomic E-state index is 11.2. The van der Waals surface area contributed by atoms with Crippen LogP contribution in [0.3, 0.4) is 0 Å². The zero-order chi connectivity index (χ0) is 14.7. The Morgan fingerprint density at radius 1 is 1.50 bits per heavy atom. The van der Waals surface area contributed by atoms with Gasteiger partial charge in [0.25, 0.3) is 0 Å². The quantitative estimate of drug-likeness (QED) is 0.897. The summed E-state index contributed by atoms with van der Waals surface area (Å²) in [5.41, 5.74) is 6.52. The summed E-state index contributed by atoms with van der Waals surface area (Å²) >= 11 is 6.17. The number of ether oxygens (including phenoxy) is 1. The molecule has 0 spiro atoms. The van der Waals surface area contributed by atoms with E-state index in [1.54, 1.807) is 18.2 Å². The van der Waals surface area contributed by atoms with Gasteiger partial charge in [0.2, 0.25) is 5.91 Å². The van der Waals surface area contributed by atoms with Crippen molar-refractivity contribution in [3.05, 3.63) is 28.8 Å². The maximum Gasteiger partial charge on any atom is 0.248 e. The standard InChI is InChI=1S/C15H21ClN2O2/c1-9(2)14-8-11(5-6-20-14)18-13-7-10(15(17)19)3-4-12(13)16/h3-4,7,9,11,14,18H,5-6,8H2,1-2H3,(H2,17,19). The van der Waals surface area contributed by atoms with E-state index < -0.39 is 5.91 Å². The van der Waals surface area contributed by atoms with Crippen LogP contribution in [0.4, 0.5) is 5.69 Å². The minimum atomic E-state index is -0.447. The molecule has 1 aliphatic heterocycles. The number of amides is 1. The third-order valence-electron chi connectivity index (χ3n) is 3.67. The van der Waals surface area contributed by atoms with Crippen LogP contribution in [-0.4, -0.2) is 24.7 Å². The highest BCUT2D eigenvalue weighted by Crippen LogP contribution is 2.28. The van der Waals surface area contributed by atoms with Gasteiger partial charge in [-0.1, -0.05) is 25.4 Å². The molecular weight excluding hydrogens is 276 g/mol. The van der Waals surface area contributed by atoms with Crippen LogP contribution < -0.4 is 11.1 Å². The molecule has 110 valence electrons. The molecule has 1 heterocycles. The van der Waals surface area contributed by atoms with Crippen LogP contribution in [0.15, 0.2) is 18.2 Å². The van der Waals surface area contributed by atoms with Gasteiger partial charge in [0, 0.05) is 18.2 Å². The summed E-state index contributed by atoms with van der Waals surface area (Å²) in [6.07, 6.45) is 2.13. The highest BCUT2D eigenvalue weighted by Gasteiger charge is 2.25. The molecule has 0 aromatic heterocycles. The second kappa shape index (κ2) is 6.46. The first kappa shape index (κ1) is 15.1. The summed E-state index contributed by atoms with van der Waals surface area (Å²) in [6.45, 7) is 5.06. The first-order valence-corrected chi connectivity index (χ1v) is 7.32. The fourth-order valence-electron chi connectivity index (χ4n) is 2.43. The summed E-state index contributed by atoms with van der Waals surface area (Å²) < 4.78 is 5.75. The van der Waals surface area contributed by atoms with Gasteiger partial charge >= 0.3 is 0 Å². The highest BCUT2D eigenvalue weighted by atomic mass is 35.5. The molecule has 5 heteroatoms. The molecule has 1 aliphatic rings. The van der Waals surface area contributed by atoms with E-state index >= 15 is 0 Å². The molecule has 2 unspecified atom stereocenters. The molecule has 0 saturated carbocycles. The van der Waals surface area contributed by atoms with Gasteiger partial charge in [-0.25, -0.2) is 0 Å². The van der Waals surface area contributed by atoms with Gasteiger partial charge in [-0.05, 0) is 37.0 Å². The smallest absolute Gasteiger partial charge is 0.248 e. The molecule has 1 amide bonds. The topological polar surface area (TPSA) is 64.3 Å². The Kier molecular flexibility index (Phi) is 4.89. The predicted molar refractivity (Wildman–Crippen MR) is 81.2 cm³/mol. The normalized spacial score (nSPS) is 22.8. The van der Waals surface area contributed by atoms with E-state index in [2.05, 4.69) is 19.2 Å². The average Bonchev–Trinajstić information content (AvgIpc) is 2.41. The lowest BCUT2D eigenvalue weighted by Crippen LogP contribution is -2.36. The summed E-state index contributed by atoms with van der Waals surface area (Å²) in [5, 5.41) is 4.01. The Morgan fingerprint density at radius 3 is 2.90 bits per heavy atom. The van der Waals surface area contributed by atoms with Crippen molar-refractivity contribution in [2.45, 2.75) is 38.8 Å². The molecule has 1 aromatic rings. The lowest BCUT2D eigenvalue weighted by molar-refractivity contribution is -0.0160. The van der Waals surface area contributed by atoms with Crippen LogP contribution in [0.1, 0.15) is 37.0 Å². The number of anilines is 1. The van der Waals surface area contributed by atoms with Gasteiger partial charge in [-0.3, -0.25) is 4.79 Å². The van der Waals surface area contributed by atoms with Crippen LogP contribution in [0.2, 0.25) is 5.02 Å². The van der Waals surface area contributed by atoms with E-state index in [0.717, 1.165) is 25.1 Å². The van der Waals surface area contributed by atoms with Gasteiger partial charge in [0.1, 0.15) is 0 Å². The molecular formula is C15H21ClN2O2. The fourth-order valence-corrected chi connectivity index (χ4v) is 2.60. The fraction of sp³-hybridized carbons (Fsp3) is 0.533. The van der Waals surface area contributed by atoms with E-state index in [9.17, 15) is 4.79 Å². The Hall–Kier alpha value is -1.26. The van der Waals surface area contributed by atoms with Crippen molar-refractivity contribution in [2.75, 3.05) is 11.9 Å². The molecule has 0 bridgehead atoms. The molecule has 2 atom stereocenters. The Labute approximate surface area is 124 Å². The number of nitrogens with one attached hydrogen (secondary N) is 1. The van der Waals surface area contributed by atoms with Crippen LogP contribution in [0.25, 0.3) is 0 Å². The third kappa shape index (κ3) is 3.64. The molecule has 20 heavy (non-hydrogen) atoms. The number of hydrogen-bond donors (Lipinski definition) is 2. The van der Waals surface area contributed by atoms with Crippen LogP contribution in [0, 0.1) is 5.92 Å². The number of halogens is 1. The second-order valence-electron chi connectivity index (χ2n) is 5.58. The first-order chi connectivity index (χ1) is 9.47. The molecule has 0 radical (unpaired) electrons. The summed E-state index contributed by atoms with van der Waals surface area (Å²) in [5.74, 6) is 0.0452. The van der Waals surface area contributed by atoms with Crippen LogP contribution in [-0.2, 0) is 4.74 Å². The maximum atomic E-state index is 11.2. The number of hydrogen-bond acceptors (Lipinski definition) is 3. The number of benzene rings is 1. The predicted octanol–water partition coefficient (Wildman–Crippen LogP) is 3.05. The van der Waals surface area contributed by atoms with Gasteiger partial charge in [0.05, 0.1) is 16.8 Å². The van der Waals surface area contributed by atoms with Gasteiger partial charge in [0.15, 0.2) is 0 Å². The average molecular weight is 297 g/mol. The van der Waals surface area contributed by atoms with Gasteiger partial charge in [-0.2, -0.15) is 0 Å². The Bertz CT molecular complexity index is 491. The minimum Gasteiger partial charge on any atom is -0.381 e. The number of nitrogens with two attached hydrogens (primary N) is 1. The van der Waals surface area contributed by atoms with Crippen molar-refractivity contribution in [1.82, 2.24) is 0 Å². The third-order valence-corrected chi connectivity index (χ3v) is 4.00. The van der Waals surface area contributed by atoms with Crippen molar-refractivity contribution < 1.29 is 9.53 Å². The summed E-state index contributed by atoms with van der Waals surface area (Å²) in [7, 11) is 0. The van der Waals surface area contributed by atoms with Crippen molar-refractivity contribution in [3.63, 3.8) is 0 Å². The molecule has 1 fully saturated rings. The highest BCUT2D eigenvalue weighted by molar-refractivity contribution is 6.33. The van der Waals surface area contributed by atoms with Crippen molar-refractivity contribution in [2.24, 2.45) is 11.7 Å². The zero-order valence-corrected chi connectivity index (χ0v) is 12.6. The number of carbonyl (C=O) groups is 1. The summed E-state index contributed by atoms with van der Waals surface area (Å²) in [4.78, 5) is 11.2. The van der Waals surface area contributed by atoms with Crippen molar-refractivity contribution >= 4 is 23.2 Å². The van der Waals surface area contributed by atoms with E-state index in [4.69, 9.17) is 22.1 Å². The molecule has 1 saturated heterocycles. The lowest BCUT2D eigenvalue weighted by atomic mass is 9.95. The lowest BCUT2D eigenvalue weighted by Gasteiger charge is -2.33. The first-order valence-electron chi connectivity index (χ1n) is 6.95. The van der Waals surface area contributed by atoms with Crippen LogP contribution in [0.5, 0.6) is 0 Å². The largest absolute Gasteiger partial charge is 0.381 e. The van der Waals surface area contributed by atoms with E-state index in [1.807, 2.05) is 0 Å². The summed E-state index contributed by atoms with van der Waals surface area (Å²) in [6, 6.07) is 5.35. The van der Waals surface area contributed by atoms with Crippen molar-refractivity contribution in [1.29, 1.82) is 0 Å². The SMILES string of the molecule is CC(C)C1CC(Nc2cc(C(N)=O)ccc2Cl)CCO1. The minimum absolute atomic E-state index is 0.263. The zero-order valence-electron chi connectivity index (χ0n) is 11.9. The number of rotatable bonds is 4. The van der Waals surface area contributed by atoms with Gasteiger partial charge < -0.3 is 15.8 Å². The monoisotopic (exact) mass is 296 g/mol. The number of carbonyl (C=O) groups excluding carboxylic acids is 1. The molecule has 3 N–H and O–H groups in total. The number of primary amides is 1. The Morgan fingerprint density at radius 2 is 2.25 bits per heavy atom. The van der Waals surface area contributed by atoms with Crippen LogP contribution >= 0.6 is 11.6 Å². The molecule has 4 nitrogen and oxygen atoms in total. The molecule has 2 rings (SSSR count). The van der Waals surface area contributed by atoms with E-state index in [0.29, 0.717) is 22.5 Å². The van der Waals surface area contributed by atoms with Crippen molar-refractivity contribution in [3.8, 4) is 0 Å². The molecule has 0 aliphatic carbocycles. The van der Waals surface area contributed by atoms with Gasteiger partial charge in [-0.15, -0.1) is 0 Å². The van der Waals surface area contributed by atoms with E-state index in [-0.39, 0.29) is 6.10 Å². The Balaban J connectivity index is 2.09. The molecule has 1 aromatic carbocycles. The second-order valence-corrected chi connectivity index (χ2v) is 5.98. The van der Waals surface area contributed by atoms with E-state index in [1.165, 1.54) is 0 Å².